The maximum Gasteiger partial charge on any atom is 0.409 e. The number of fused-ring (bicyclic) bond motifs is 2. The molecule has 17 heavy (non-hydrogen) atoms. The number of piperidine rings is 2. The molecule has 2 aliphatic rings. The molecule has 0 spiro atoms. The first-order valence-corrected chi connectivity index (χ1v) is 6.48. The van der Waals surface area contributed by atoms with E-state index in [2.05, 4.69) is 25.7 Å². The summed E-state index contributed by atoms with van der Waals surface area (Å²) in [6.45, 7) is 10.7. The van der Waals surface area contributed by atoms with Crippen LogP contribution in [0.15, 0.2) is 0 Å². The van der Waals surface area contributed by atoms with Crippen molar-refractivity contribution >= 4 is 6.09 Å². The van der Waals surface area contributed by atoms with Gasteiger partial charge in [0.05, 0.1) is 7.11 Å². The van der Waals surface area contributed by atoms with Crippen molar-refractivity contribution in [2.75, 3.05) is 33.3 Å². The SMILES string of the molecule is COC(=O)N1CC2CC(C1)CN(C(C)(C)C)C2. The Hall–Kier alpha value is -0.770. The fraction of sp³-hybridized carbons (Fsp3) is 0.923. The van der Waals surface area contributed by atoms with Gasteiger partial charge in [0.2, 0.25) is 0 Å². The third-order valence-corrected chi connectivity index (χ3v) is 3.96. The highest BCUT2D eigenvalue weighted by molar-refractivity contribution is 5.67. The molecule has 2 unspecified atom stereocenters. The zero-order chi connectivity index (χ0) is 12.6. The van der Waals surface area contributed by atoms with Crippen molar-refractivity contribution in [3.05, 3.63) is 0 Å². The molecule has 0 saturated carbocycles. The van der Waals surface area contributed by atoms with Crippen molar-refractivity contribution in [1.29, 1.82) is 0 Å². The number of likely N-dealkylation sites (tertiary alicyclic amines) is 2. The Bertz CT molecular complexity index is 284. The lowest BCUT2D eigenvalue weighted by Gasteiger charge is -2.49. The van der Waals surface area contributed by atoms with E-state index in [-0.39, 0.29) is 11.6 Å². The van der Waals surface area contributed by atoms with E-state index in [1.54, 1.807) is 0 Å². The molecule has 4 nitrogen and oxygen atoms in total. The van der Waals surface area contributed by atoms with Crippen LogP contribution in [-0.4, -0.2) is 54.7 Å². The minimum absolute atomic E-state index is 0.163. The van der Waals surface area contributed by atoms with Gasteiger partial charge in [-0.3, -0.25) is 4.90 Å². The number of amides is 1. The number of carbonyl (C=O) groups is 1. The van der Waals surface area contributed by atoms with E-state index < -0.39 is 0 Å². The summed E-state index contributed by atoms with van der Waals surface area (Å²) in [6.07, 6.45) is 1.10. The molecule has 1 amide bonds. The van der Waals surface area contributed by atoms with Crippen molar-refractivity contribution in [2.24, 2.45) is 11.8 Å². The molecule has 0 radical (unpaired) electrons. The Morgan fingerprint density at radius 1 is 1.12 bits per heavy atom. The van der Waals surface area contributed by atoms with Crippen LogP contribution in [0.2, 0.25) is 0 Å². The summed E-state index contributed by atoms with van der Waals surface area (Å²) in [5.74, 6) is 1.22. The molecule has 2 bridgehead atoms. The van der Waals surface area contributed by atoms with Gasteiger partial charge in [-0.05, 0) is 39.0 Å². The van der Waals surface area contributed by atoms with Crippen LogP contribution in [-0.2, 0) is 4.74 Å². The van der Waals surface area contributed by atoms with Gasteiger partial charge in [-0.2, -0.15) is 0 Å². The zero-order valence-electron chi connectivity index (χ0n) is 11.4. The fourth-order valence-corrected chi connectivity index (χ4v) is 3.11. The molecule has 0 aliphatic carbocycles. The molecule has 0 aromatic heterocycles. The standard InChI is InChI=1S/C13H24N2O2/c1-13(2,3)15-8-10-5-11(9-15)7-14(6-10)12(16)17-4/h10-11H,5-9H2,1-4H3. The van der Waals surface area contributed by atoms with Crippen molar-refractivity contribution < 1.29 is 9.53 Å². The topological polar surface area (TPSA) is 32.8 Å². The molecular weight excluding hydrogens is 216 g/mol. The number of nitrogens with zero attached hydrogens (tertiary/aromatic N) is 2. The minimum Gasteiger partial charge on any atom is -0.453 e. The number of rotatable bonds is 0. The maximum atomic E-state index is 11.6. The maximum absolute atomic E-state index is 11.6. The number of carbonyl (C=O) groups excluding carboxylic acids is 1. The zero-order valence-corrected chi connectivity index (χ0v) is 11.4. The molecule has 2 aliphatic heterocycles. The van der Waals surface area contributed by atoms with E-state index in [0.717, 1.165) is 26.2 Å². The normalized spacial score (nSPS) is 30.2. The Morgan fingerprint density at radius 2 is 1.65 bits per heavy atom. The van der Waals surface area contributed by atoms with E-state index in [1.807, 2.05) is 4.90 Å². The van der Waals surface area contributed by atoms with Crippen LogP contribution in [0.3, 0.4) is 0 Å². The molecule has 4 heteroatoms. The molecule has 0 aromatic rings. The number of hydrogen-bond acceptors (Lipinski definition) is 3. The second-order valence-electron chi connectivity index (χ2n) is 6.42. The van der Waals surface area contributed by atoms with Crippen LogP contribution in [0, 0.1) is 11.8 Å². The van der Waals surface area contributed by atoms with Crippen molar-refractivity contribution in [1.82, 2.24) is 9.80 Å². The summed E-state index contributed by atoms with van der Waals surface area (Å²) in [5.41, 5.74) is 0.240. The average molecular weight is 240 g/mol. The molecule has 2 fully saturated rings. The smallest absolute Gasteiger partial charge is 0.409 e. The number of ether oxygens (including phenoxy) is 1. The largest absolute Gasteiger partial charge is 0.453 e. The van der Waals surface area contributed by atoms with E-state index >= 15 is 0 Å². The predicted molar refractivity (Wildman–Crippen MR) is 66.9 cm³/mol. The van der Waals surface area contributed by atoms with Gasteiger partial charge in [-0.15, -0.1) is 0 Å². The van der Waals surface area contributed by atoms with Gasteiger partial charge in [-0.1, -0.05) is 0 Å². The Morgan fingerprint density at radius 3 is 2.06 bits per heavy atom. The molecule has 2 saturated heterocycles. The summed E-state index contributed by atoms with van der Waals surface area (Å²) < 4.78 is 4.82. The summed E-state index contributed by atoms with van der Waals surface area (Å²) in [6, 6.07) is 0. The molecule has 0 aromatic carbocycles. The highest BCUT2D eigenvalue weighted by atomic mass is 16.5. The predicted octanol–water partition coefficient (Wildman–Crippen LogP) is 1.80. The first-order chi connectivity index (χ1) is 7.90. The second kappa shape index (κ2) is 4.48. The number of methoxy groups -OCH3 is 1. The first-order valence-electron chi connectivity index (χ1n) is 6.48. The van der Waals surface area contributed by atoms with E-state index in [9.17, 15) is 4.79 Å². The van der Waals surface area contributed by atoms with E-state index in [4.69, 9.17) is 4.74 Å². The molecule has 2 heterocycles. The van der Waals surface area contributed by atoms with Gasteiger partial charge in [0, 0.05) is 31.7 Å². The third kappa shape index (κ3) is 2.73. The Kier molecular flexibility index (Phi) is 3.34. The Labute approximate surface area is 104 Å². The summed E-state index contributed by atoms with van der Waals surface area (Å²) in [7, 11) is 1.47. The second-order valence-corrected chi connectivity index (χ2v) is 6.42. The van der Waals surface area contributed by atoms with Gasteiger partial charge in [-0.25, -0.2) is 4.79 Å². The van der Waals surface area contributed by atoms with Crippen LogP contribution in [0.5, 0.6) is 0 Å². The summed E-state index contributed by atoms with van der Waals surface area (Å²) in [5, 5.41) is 0. The molecule has 2 rings (SSSR count). The van der Waals surface area contributed by atoms with Gasteiger partial charge < -0.3 is 9.64 Å². The van der Waals surface area contributed by atoms with Gasteiger partial charge in [0.1, 0.15) is 0 Å². The van der Waals surface area contributed by atoms with Gasteiger partial charge in [0.15, 0.2) is 0 Å². The first kappa shape index (κ1) is 12.7. The quantitative estimate of drug-likeness (QED) is 0.647. The lowest BCUT2D eigenvalue weighted by molar-refractivity contribution is -0.00742. The average Bonchev–Trinajstić information content (AvgIpc) is 2.25. The highest BCUT2D eigenvalue weighted by Gasteiger charge is 2.39. The van der Waals surface area contributed by atoms with E-state index in [1.165, 1.54) is 13.5 Å². The lowest BCUT2D eigenvalue weighted by Crippen LogP contribution is -2.58. The van der Waals surface area contributed by atoms with E-state index in [0.29, 0.717) is 11.8 Å². The molecular formula is C13H24N2O2. The fourth-order valence-electron chi connectivity index (χ4n) is 3.11. The van der Waals surface area contributed by atoms with Gasteiger partial charge >= 0.3 is 6.09 Å². The van der Waals surface area contributed by atoms with Crippen LogP contribution < -0.4 is 0 Å². The van der Waals surface area contributed by atoms with Crippen molar-refractivity contribution in [3.63, 3.8) is 0 Å². The lowest BCUT2D eigenvalue weighted by atomic mass is 9.83. The van der Waals surface area contributed by atoms with Gasteiger partial charge in [0.25, 0.3) is 0 Å². The monoisotopic (exact) mass is 240 g/mol. The molecule has 98 valence electrons. The van der Waals surface area contributed by atoms with Crippen LogP contribution in [0.4, 0.5) is 4.79 Å². The number of hydrogen-bond donors (Lipinski definition) is 0. The minimum atomic E-state index is -0.163. The van der Waals surface area contributed by atoms with Crippen molar-refractivity contribution in [3.8, 4) is 0 Å². The summed E-state index contributed by atoms with van der Waals surface area (Å²) in [4.78, 5) is 16.0. The molecule has 0 N–H and O–H groups in total. The molecule has 2 atom stereocenters. The van der Waals surface area contributed by atoms with Crippen LogP contribution in [0.25, 0.3) is 0 Å². The highest BCUT2D eigenvalue weighted by Crippen LogP contribution is 2.32. The van der Waals surface area contributed by atoms with Crippen LogP contribution in [0.1, 0.15) is 27.2 Å². The Balaban J connectivity index is 2.00. The third-order valence-electron chi connectivity index (χ3n) is 3.96. The van der Waals surface area contributed by atoms with Crippen LogP contribution >= 0.6 is 0 Å². The van der Waals surface area contributed by atoms with Crippen molar-refractivity contribution in [2.45, 2.75) is 32.7 Å². The summed E-state index contributed by atoms with van der Waals surface area (Å²) >= 11 is 0.